The quantitative estimate of drug-likeness (QED) is 0.472. The number of rotatable bonds is 5. The molecule has 0 radical (unpaired) electrons. The van der Waals surface area contributed by atoms with Crippen molar-refractivity contribution in [3.63, 3.8) is 0 Å². The van der Waals surface area contributed by atoms with Crippen LogP contribution in [-0.4, -0.2) is 55.3 Å². The first-order chi connectivity index (χ1) is 16.4. The molecule has 4 aromatic rings. The molecule has 1 aliphatic heterocycles. The van der Waals surface area contributed by atoms with Crippen molar-refractivity contribution in [3.05, 3.63) is 78.6 Å². The van der Waals surface area contributed by atoms with Gasteiger partial charge in [0.05, 0.1) is 17.6 Å². The van der Waals surface area contributed by atoms with Crippen LogP contribution in [0.5, 0.6) is 0 Å². The van der Waals surface area contributed by atoms with Crippen molar-refractivity contribution in [1.82, 2.24) is 29.6 Å². The van der Waals surface area contributed by atoms with Gasteiger partial charge in [-0.3, -0.25) is 10.00 Å². The zero-order valence-corrected chi connectivity index (χ0v) is 18.6. The Morgan fingerprint density at radius 2 is 1.91 bits per heavy atom. The molecule has 0 amide bonds. The van der Waals surface area contributed by atoms with Crippen LogP contribution in [0.4, 0.5) is 19.0 Å². The van der Waals surface area contributed by atoms with Gasteiger partial charge in [-0.05, 0) is 31.2 Å². The lowest BCUT2D eigenvalue weighted by molar-refractivity contribution is -0.137. The number of nitrogens with zero attached hydrogens (tertiary/aromatic N) is 6. The van der Waals surface area contributed by atoms with Crippen LogP contribution in [0.3, 0.4) is 0 Å². The summed E-state index contributed by atoms with van der Waals surface area (Å²) in [5.41, 5.74) is 3.34. The molecule has 1 N–H and O–H groups in total. The molecular weight excluding hydrogens is 443 g/mol. The highest BCUT2D eigenvalue weighted by molar-refractivity contribution is 5.64. The molecule has 1 aliphatic rings. The molecule has 1 atom stereocenters. The maximum Gasteiger partial charge on any atom is 0.417 e. The van der Waals surface area contributed by atoms with Gasteiger partial charge in [0, 0.05) is 73.8 Å². The lowest BCUT2D eigenvalue weighted by Gasteiger charge is -2.40. The summed E-state index contributed by atoms with van der Waals surface area (Å²) in [7, 11) is 0. The summed E-state index contributed by atoms with van der Waals surface area (Å²) in [5, 5.41) is 7.46. The fraction of sp³-hybridized carbons (Fsp3) is 0.292. The topological polar surface area (TPSA) is 65.9 Å². The van der Waals surface area contributed by atoms with Crippen LogP contribution in [0.25, 0.3) is 16.9 Å². The first-order valence-corrected chi connectivity index (χ1v) is 11.0. The number of aromatic amines is 1. The molecule has 34 heavy (non-hydrogen) atoms. The summed E-state index contributed by atoms with van der Waals surface area (Å²) >= 11 is 0. The third-order valence-corrected chi connectivity index (χ3v) is 6.14. The van der Waals surface area contributed by atoms with Gasteiger partial charge < -0.3 is 9.47 Å². The molecule has 0 saturated carbocycles. The summed E-state index contributed by atoms with van der Waals surface area (Å²) in [6, 6.07) is 10.8. The summed E-state index contributed by atoms with van der Waals surface area (Å²) in [5.74, 6) is 0.571. The Kier molecular flexibility index (Phi) is 5.82. The maximum atomic E-state index is 12.8. The average Bonchev–Trinajstić information content (AvgIpc) is 3.51. The Hall–Kier alpha value is -3.66. The number of alkyl halides is 3. The molecule has 0 aliphatic carbocycles. The first-order valence-electron chi connectivity index (χ1n) is 11.0. The Balaban J connectivity index is 1.24. The molecule has 176 valence electrons. The number of anilines is 1. The molecule has 3 aromatic heterocycles. The van der Waals surface area contributed by atoms with Crippen LogP contribution in [0.2, 0.25) is 0 Å². The number of pyridine rings is 1. The molecule has 7 nitrogen and oxygen atoms in total. The number of hydrogen-bond acceptors (Lipinski definition) is 5. The van der Waals surface area contributed by atoms with Gasteiger partial charge in [-0.25, -0.2) is 9.97 Å². The van der Waals surface area contributed by atoms with Gasteiger partial charge in [0.25, 0.3) is 0 Å². The normalized spacial score (nSPS) is 17.3. The number of benzene rings is 1. The molecule has 1 saturated heterocycles. The van der Waals surface area contributed by atoms with Crippen LogP contribution in [-0.2, 0) is 12.7 Å². The highest BCUT2D eigenvalue weighted by Crippen LogP contribution is 2.30. The van der Waals surface area contributed by atoms with Crippen molar-refractivity contribution < 1.29 is 13.2 Å². The van der Waals surface area contributed by atoms with Crippen molar-refractivity contribution in [2.75, 3.05) is 24.5 Å². The van der Waals surface area contributed by atoms with E-state index in [4.69, 9.17) is 0 Å². The van der Waals surface area contributed by atoms with Crippen molar-refractivity contribution >= 4 is 5.82 Å². The fourth-order valence-electron chi connectivity index (χ4n) is 4.37. The Morgan fingerprint density at radius 3 is 2.56 bits per heavy atom. The molecule has 5 rings (SSSR count). The minimum atomic E-state index is -4.38. The predicted molar refractivity (Wildman–Crippen MR) is 122 cm³/mol. The molecule has 0 bridgehead atoms. The summed E-state index contributed by atoms with van der Waals surface area (Å²) in [6.45, 7) is 5.03. The molecular formula is C24H24F3N7. The van der Waals surface area contributed by atoms with E-state index < -0.39 is 11.7 Å². The number of piperazine rings is 1. The molecule has 1 aromatic carbocycles. The highest BCUT2D eigenvalue weighted by atomic mass is 19.4. The van der Waals surface area contributed by atoms with E-state index in [1.165, 1.54) is 6.07 Å². The largest absolute Gasteiger partial charge is 0.417 e. The van der Waals surface area contributed by atoms with Gasteiger partial charge in [-0.1, -0.05) is 12.1 Å². The Labute approximate surface area is 194 Å². The minimum absolute atomic E-state index is 0.114. The third-order valence-electron chi connectivity index (χ3n) is 6.14. The van der Waals surface area contributed by atoms with Crippen LogP contribution >= 0.6 is 0 Å². The molecule has 1 fully saturated rings. The van der Waals surface area contributed by atoms with Gasteiger partial charge in [0.2, 0.25) is 0 Å². The number of imidazole rings is 1. The second-order valence-electron chi connectivity index (χ2n) is 8.46. The lowest BCUT2D eigenvalue weighted by atomic mass is 10.1. The van der Waals surface area contributed by atoms with Crippen molar-refractivity contribution in [2.24, 2.45) is 0 Å². The van der Waals surface area contributed by atoms with E-state index in [0.29, 0.717) is 12.4 Å². The van der Waals surface area contributed by atoms with Crippen molar-refractivity contribution in [3.8, 4) is 16.9 Å². The van der Waals surface area contributed by atoms with Gasteiger partial charge in [0.1, 0.15) is 5.82 Å². The van der Waals surface area contributed by atoms with Gasteiger partial charge in [-0.2, -0.15) is 18.3 Å². The van der Waals surface area contributed by atoms with E-state index in [2.05, 4.69) is 36.9 Å². The second-order valence-corrected chi connectivity index (χ2v) is 8.46. The van der Waals surface area contributed by atoms with Crippen molar-refractivity contribution in [1.29, 1.82) is 0 Å². The summed E-state index contributed by atoms with van der Waals surface area (Å²) in [4.78, 5) is 12.5. The van der Waals surface area contributed by atoms with E-state index in [1.807, 2.05) is 41.2 Å². The SMILES string of the molecule is C[C@@H]1CN(Cc2c[nH]nc2-c2ccc(-n3ccnc3)cc2)CCN1c1ccc(C(F)(F)F)cn1. The van der Waals surface area contributed by atoms with Crippen LogP contribution in [0.1, 0.15) is 18.1 Å². The van der Waals surface area contributed by atoms with E-state index in [0.717, 1.165) is 54.4 Å². The van der Waals surface area contributed by atoms with Crippen LogP contribution < -0.4 is 4.90 Å². The standard InChI is InChI=1S/C24H24F3N7/c1-17-14-32(10-11-34(17)22-7-4-20(13-29-22)24(25,26)27)15-19-12-30-31-23(19)18-2-5-21(6-3-18)33-9-8-28-16-33/h2-9,12-13,16-17H,10-11,14-15H2,1H3,(H,30,31)/t17-/m1/s1. The maximum absolute atomic E-state index is 12.8. The van der Waals surface area contributed by atoms with Gasteiger partial charge in [-0.15, -0.1) is 0 Å². The van der Waals surface area contributed by atoms with Gasteiger partial charge >= 0.3 is 6.18 Å². The summed E-state index contributed by atoms with van der Waals surface area (Å²) in [6.07, 6.45) is 3.86. The summed E-state index contributed by atoms with van der Waals surface area (Å²) < 4.78 is 40.5. The zero-order chi connectivity index (χ0) is 23.7. The number of halogens is 3. The third kappa shape index (κ3) is 4.54. The molecule has 4 heterocycles. The highest BCUT2D eigenvalue weighted by Gasteiger charge is 2.32. The van der Waals surface area contributed by atoms with E-state index in [-0.39, 0.29) is 6.04 Å². The Bertz CT molecular complexity index is 1210. The van der Waals surface area contributed by atoms with Crippen LogP contribution in [0, 0.1) is 0 Å². The first kappa shape index (κ1) is 22.1. The molecule has 10 heteroatoms. The number of aromatic nitrogens is 5. The van der Waals surface area contributed by atoms with Crippen molar-refractivity contribution in [2.45, 2.75) is 25.7 Å². The Morgan fingerprint density at radius 1 is 1.09 bits per heavy atom. The monoisotopic (exact) mass is 467 g/mol. The van der Waals surface area contributed by atoms with Crippen LogP contribution in [0.15, 0.2) is 67.5 Å². The average molecular weight is 467 g/mol. The molecule has 0 unspecified atom stereocenters. The lowest BCUT2D eigenvalue weighted by Crippen LogP contribution is -2.51. The van der Waals surface area contributed by atoms with E-state index >= 15 is 0 Å². The number of nitrogens with one attached hydrogen (secondary N) is 1. The smallest absolute Gasteiger partial charge is 0.351 e. The fourth-order valence-corrected chi connectivity index (χ4v) is 4.37. The zero-order valence-electron chi connectivity index (χ0n) is 18.6. The minimum Gasteiger partial charge on any atom is -0.351 e. The predicted octanol–water partition coefficient (Wildman–Crippen LogP) is 4.39. The number of H-pyrrole nitrogens is 1. The molecule has 0 spiro atoms. The van der Waals surface area contributed by atoms with E-state index in [9.17, 15) is 13.2 Å². The van der Waals surface area contributed by atoms with Gasteiger partial charge in [0.15, 0.2) is 0 Å². The van der Waals surface area contributed by atoms with E-state index in [1.54, 1.807) is 12.5 Å². The number of hydrogen-bond donors (Lipinski definition) is 1. The second kappa shape index (κ2) is 8.94.